The first kappa shape index (κ1) is 11.1. The van der Waals surface area contributed by atoms with Crippen LogP contribution in [-0.4, -0.2) is 5.11 Å². The van der Waals surface area contributed by atoms with Crippen LogP contribution in [0.25, 0.3) is 11.1 Å². The lowest BCUT2D eigenvalue weighted by atomic mass is 10.0. The third-order valence-electron chi connectivity index (χ3n) is 2.39. The first-order valence-corrected chi connectivity index (χ1v) is 4.81. The molecule has 0 aromatic heterocycles. The van der Waals surface area contributed by atoms with Gasteiger partial charge in [-0.1, -0.05) is 12.1 Å². The van der Waals surface area contributed by atoms with E-state index in [4.69, 9.17) is 10.4 Å². The maximum absolute atomic E-state index is 13.5. The first-order valence-electron chi connectivity index (χ1n) is 4.81. The van der Waals surface area contributed by atoms with Gasteiger partial charge in [0.05, 0.1) is 11.6 Å². The van der Waals surface area contributed by atoms with E-state index in [2.05, 4.69) is 0 Å². The molecule has 0 aliphatic heterocycles. The minimum absolute atomic E-state index is 0.0461. The first-order chi connectivity index (χ1) is 8.13. The van der Waals surface area contributed by atoms with E-state index >= 15 is 0 Å². The summed E-state index contributed by atoms with van der Waals surface area (Å²) in [7, 11) is 0. The number of nitrogens with zero attached hydrogens (tertiary/aromatic N) is 1. The number of hydrogen-bond donors (Lipinski definition) is 1. The summed E-state index contributed by atoms with van der Waals surface area (Å²) in [5.74, 6) is -3.10. The third-order valence-corrected chi connectivity index (χ3v) is 2.39. The van der Waals surface area contributed by atoms with Gasteiger partial charge in [0.25, 0.3) is 0 Å². The number of phenols is 1. The van der Waals surface area contributed by atoms with Crippen molar-refractivity contribution >= 4 is 0 Å². The Morgan fingerprint density at radius 3 is 2.18 bits per heavy atom. The van der Waals surface area contributed by atoms with Gasteiger partial charge >= 0.3 is 0 Å². The van der Waals surface area contributed by atoms with E-state index in [0.29, 0.717) is 11.1 Å². The fourth-order valence-electron chi connectivity index (χ4n) is 1.49. The molecule has 0 saturated carbocycles. The lowest BCUT2D eigenvalue weighted by Gasteiger charge is -2.05. The standard InChI is InChI=1S/C13H7F2NO/c14-12-10(5-6-11(17)13(12)15)9-3-1-8(7-16)2-4-9/h1-6,17H. The van der Waals surface area contributed by atoms with Gasteiger partial charge in [-0.15, -0.1) is 0 Å². The Balaban J connectivity index is 2.54. The van der Waals surface area contributed by atoms with E-state index < -0.39 is 17.4 Å². The lowest BCUT2D eigenvalue weighted by molar-refractivity contribution is 0.408. The average molecular weight is 231 g/mol. The molecule has 0 spiro atoms. The molecule has 0 aliphatic rings. The van der Waals surface area contributed by atoms with Crippen LogP contribution in [0.2, 0.25) is 0 Å². The smallest absolute Gasteiger partial charge is 0.200 e. The lowest BCUT2D eigenvalue weighted by Crippen LogP contribution is -1.90. The monoisotopic (exact) mass is 231 g/mol. The van der Waals surface area contributed by atoms with Crippen LogP contribution in [0, 0.1) is 23.0 Å². The minimum Gasteiger partial charge on any atom is -0.505 e. The number of nitriles is 1. The Morgan fingerprint density at radius 2 is 1.59 bits per heavy atom. The van der Waals surface area contributed by atoms with Crippen LogP contribution in [0.5, 0.6) is 5.75 Å². The number of halogens is 2. The molecular weight excluding hydrogens is 224 g/mol. The zero-order valence-corrected chi connectivity index (χ0v) is 8.61. The fourth-order valence-corrected chi connectivity index (χ4v) is 1.49. The van der Waals surface area contributed by atoms with Gasteiger partial charge in [-0.2, -0.15) is 9.65 Å². The summed E-state index contributed by atoms with van der Waals surface area (Å²) in [6.45, 7) is 0. The normalized spacial score (nSPS) is 9.94. The highest BCUT2D eigenvalue weighted by Gasteiger charge is 2.13. The number of rotatable bonds is 1. The summed E-state index contributed by atoms with van der Waals surface area (Å²) in [4.78, 5) is 0. The second-order valence-corrected chi connectivity index (χ2v) is 3.45. The van der Waals surface area contributed by atoms with Crippen molar-refractivity contribution in [1.29, 1.82) is 5.26 Å². The Labute approximate surface area is 96.4 Å². The summed E-state index contributed by atoms with van der Waals surface area (Å²) in [5.41, 5.74) is 0.929. The minimum atomic E-state index is -1.27. The van der Waals surface area contributed by atoms with Gasteiger partial charge in [-0.3, -0.25) is 0 Å². The largest absolute Gasteiger partial charge is 0.505 e. The molecule has 84 valence electrons. The number of benzene rings is 2. The molecule has 17 heavy (non-hydrogen) atoms. The van der Waals surface area contributed by atoms with E-state index in [1.54, 1.807) is 0 Å². The predicted octanol–water partition coefficient (Wildman–Crippen LogP) is 3.21. The highest BCUT2D eigenvalue weighted by atomic mass is 19.2. The number of hydrogen-bond acceptors (Lipinski definition) is 2. The molecule has 0 amide bonds. The molecule has 0 radical (unpaired) electrons. The van der Waals surface area contributed by atoms with Crippen LogP contribution < -0.4 is 0 Å². The Kier molecular flexibility index (Phi) is 2.75. The van der Waals surface area contributed by atoms with E-state index in [-0.39, 0.29) is 5.56 Å². The van der Waals surface area contributed by atoms with E-state index in [0.717, 1.165) is 6.07 Å². The molecule has 2 aromatic carbocycles. The topological polar surface area (TPSA) is 44.0 Å². The van der Waals surface area contributed by atoms with Crippen molar-refractivity contribution in [3.63, 3.8) is 0 Å². The fraction of sp³-hybridized carbons (Fsp3) is 0. The van der Waals surface area contributed by atoms with Crippen molar-refractivity contribution in [2.45, 2.75) is 0 Å². The van der Waals surface area contributed by atoms with E-state index in [1.807, 2.05) is 6.07 Å². The average Bonchev–Trinajstić information content (AvgIpc) is 2.36. The summed E-state index contributed by atoms with van der Waals surface area (Å²) >= 11 is 0. The molecule has 1 N–H and O–H groups in total. The van der Waals surface area contributed by atoms with Gasteiger partial charge in [0, 0.05) is 5.56 Å². The molecular formula is C13H7F2NO. The zero-order chi connectivity index (χ0) is 12.4. The van der Waals surface area contributed by atoms with Crippen LogP contribution in [-0.2, 0) is 0 Å². The van der Waals surface area contributed by atoms with Gasteiger partial charge in [0.1, 0.15) is 0 Å². The quantitative estimate of drug-likeness (QED) is 0.818. The van der Waals surface area contributed by atoms with Crippen LogP contribution in [0.4, 0.5) is 8.78 Å². The predicted molar refractivity (Wildman–Crippen MR) is 58.2 cm³/mol. The summed E-state index contributed by atoms with van der Waals surface area (Å²) in [6.07, 6.45) is 0. The van der Waals surface area contributed by atoms with Crippen LogP contribution in [0.15, 0.2) is 36.4 Å². The van der Waals surface area contributed by atoms with E-state index in [9.17, 15) is 8.78 Å². The van der Waals surface area contributed by atoms with Gasteiger partial charge in [-0.05, 0) is 29.8 Å². The van der Waals surface area contributed by atoms with Crippen LogP contribution in [0.1, 0.15) is 5.56 Å². The van der Waals surface area contributed by atoms with Gasteiger partial charge in [0.15, 0.2) is 11.6 Å². The Bertz CT molecular complexity index is 600. The molecule has 0 fully saturated rings. The molecule has 0 unspecified atom stereocenters. The third kappa shape index (κ3) is 1.95. The number of phenolic OH excluding ortho intramolecular Hbond substituents is 1. The van der Waals surface area contributed by atoms with Crippen molar-refractivity contribution in [2.75, 3.05) is 0 Å². The molecule has 2 rings (SSSR count). The second-order valence-electron chi connectivity index (χ2n) is 3.45. The Morgan fingerprint density at radius 1 is 0.941 bits per heavy atom. The maximum atomic E-state index is 13.5. The molecule has 0 aliphatic carbocycles. The molecule has 2 nitrogen and oxygen atoms in total. The second kappa shape index (κ2) is 4.22. The highest BCUT2D eigenvalue weighted by Crippen LogP contribution is 2.29. The zero-order valence-electron chi connectivity index (χ0n) is 8.61. The van der Waals surface area contributed by atoms with Gasteiger partial charge in [-0.25, -0.2) is 4.39 Å². The SMILES string of the molecule is N#Cc1ccc(-c2ccc(O)c(F)c2F)cc1. The van der Waals surface area contributed by atoms with Crippen molar-refractivity contribution in [3.05, 3.63) is 53.6 Å². The van der Waals surface area contributed by atoms with Crippen molar-refractivity contribution < 1.29 is 13.9 Å². The van der Waals surface area contributed by atoms with E-state index in [1.165, 1.54) is 30.3 Å². The Hall–Kier alpha value is -2.41. The van der Waals surface area contributed by atoms with Crippen LogP contribution in [0.3, 0.4) is 0 Å². The molecule has 0 atom stereocenters. The van der Waals surface area contributed by atoms with Gasteiger partial charge in [0.2, 0.25) is 5.82 Å². The highest BCUT2D eigenvalue weighted by molar-refractivity contribution is 5.66. The summed E-state index contributed by atoms with van der Waals surface area (Å²) < 4.78 is 26.7. The maximum Gasteiger partial charge on any atom is 0.200 e. The van der Waals surface area contributed by atoms with Gasteiger partial charge < -0.3 is 5.11 Å². The number of aromatic hydroxyl groups is 1. The molecule has 0 saturated heterocycles. The summed E-state index contributed by atoms with van der Waals surface area (Å²) in [6, 6.07) is 10.4. The van der Waals surface area contributed by atoms with Crippen molar-refractivity contribution in [3.8, 4) is 22.9 Å². The molecule has 0 bridgehead atoms. The van der Waals surface area contributed by atoms with Crippen molar-refractivity contribution in [1.82, 2.24) is 0 Å². The molecule has 0 heterocycles. The van der Waals surface area contributed by atoms with Crippen molar-refractivity contribution in [2.24, 2.45) is 0 Å². The van der Waals surface area contributed by atoms with Crippen LogP contribution >= 0.6 is 0 Å². The molecule has 2 aromatic rings. The molecule has 4 heteroatoms. The summed E-state index contributed by atoms with van der Waals surface area (Å²) in [5, 5.41) is 17.6.